The molecule has 72 valence electrons. The van der Waals surface area contributed by atoms with E-state index in [1.807, 2.05) is 0 Å². The van der Waals surface area contributed by atoms with Crippen molar-refractivity contribution in [2.75, 3.05) is 5.75 Å². The van der Waals surface area contributed by atoms with Gasteiger partial charge in [0.1, 0.15) is 0 Å². The van der Waals surface area contributed by atoms with E-state index in [1.54, 1.807) is 0 Å². The SMILES string of the molecule is C=C(C)C(=O)O.O=S(=O)(O)C[CH2][K]. The molecule has 0 aromatic heterocycles. The molecule has 0 amide bonds. The molecule has 0 unspecified atom stereocenters. The molecule has 0 radical (unpaired) electrons. The fourth-order valence-electron chi connectivity index (χ4n) is 0.258. The number of carboxylic acids is 1. The molecule has 7 heteroatoms. The summed E-state index contributed by atoms with van der Waals surface area (Å²) in [4.78, 5) is 9.60. The molecule has 0 fully saturated rings. The van der Waals surface area contributed by atoms with Crippen LogP contribution < -0.4 is 0 Å². The zero-order valence-corrected chi connectivity index (χ0v) is 11.6. The van der Waals surface area contributed by atoms with Gasteiger partial charge in [-0.1, -0.05) is 6.58 Å². The summed E-state index contributed by atoms with van der Waals surface area (Å²) >= 11 is 0.531. The number of carboxylic acid groups (broad SMARTS) is 1. The van der Waals surface area contributed by atoms with Gasteiger partial charge in [0.25, 0.3) is 0 Å². The molecule has 0 atom stereocenters. The van der Waals surface area contributed by atoms with Crippen molar-refractivity contribution < 1.29 is 22.9 Å². The first-order chi connectivity index (χ1) is 5.70. The standard InChI is InChI=1S/C4H6O2.C2H5O3S.K/c1-3(2)4(5)6;1-2-6(3,4)5;/h1H2,2H3,(H,5,6);1-2H2,(H,3,4,5);. The third-order valence-electron chi connectivity index (χ3n) is 0.827. The van der Waals surface area contributed by atoms with Crippen LogP contribution in [-0.2, 0) is 14.9 Å². The van der Waals surface area contributed by atoms with Crippen molar-refractivity contribution in [3.05, 3.63) is 12.2 Å². The summed E-state index contributed by atoms with van der Waals surface area (Å²) in [6.45, 7) is 4.60. The van der Waals surface area contributed by atoms with Crippen LogP contribution in [0.15, 0.2) is 12.2 Å². The first kappa shape index (κ1) is 16.2. The van der Waals surface area contributed by atoms with Crippen LogP contribution in [0.4, 0.5) is 0 Å². The van der Waals surface area contributed by atoms with E-state index < -0.39 is 16.1 Å². The van der Waals surface area contributed by atoms with Gasteiger partial charge in [0.05, 0.1) is 0 Å². The third kappa shape index (κ3) is 19.2. The molecule has 0 aliphatic rings. The Labute approximate surface area is 112 Å². The van der Waals surface area contributed by atoms with Crippen molar-refractivity contribution in [2.45, 2.75) is 7.44 Å². The first-order valence-corrected chi connectivity index (χ1v) is 7.36. The number of aliphatic carboxylic acids is 1. The van der Waals surface area contributed by atoms with Gasteiger partial charge in [0.15, 0.2) is 0 Å². The van der Waals surface area contributed by atoms with Crippen LogP contribution in [0.1, 0.15) is 6.92 Å². The molecule has 0 bridgehead atoms. The predicted octanol–water partition coefficient (Wildman–Crippen LogP) is 0.108. The molecular weight excluding hydrogens is 223 g/mol. The van der Waals surface area contributed by atoms with Crippen molar-refractivity contribution in [2.24, 2.45) is 0 Å². The van der Waals surface area contributed by atoms with Crippen LogP contribution >= 0.6 is 0 Å². The average molecular weight is 234 g/mol. The summed E-state index contributed by atoms with van der Waals surface area (Å²) in [6.07, 6.45) is 0. The normalized spacial score (nSPS) is 9.85. The molecule has 13 heavy (non-hydrogen) atoms. The van der Waals surface area contributed by atoms with Crippen LogP contribution in [0, 0.1) is 0 Å². The Hall–Kier alpha value is 0.756. The monoisotopic (exact) mass is 234 g/mol. The van der Waals surface area contributed by atoms with E-state index in [0.29, 0.717) is 49.5 Å². The zero-order chi connectivity index (χ0) is 11.1. The second-order valence-corrected chi connectivity index (χ2v) is 5.51. The molecule has 0 aromatic rings. The van der Waals surface area contributed by atoms with Crippen LogP contribution in [0.5, 0.6) is 0 Å². The van der Waals surface area contributed by atoms with Crippen molar-refractivity contribution in [1.82, 2.24) is 0 Å². The molecule has 0 aromatic carbocycles. The fraction of sp³-hybridized carbons (Fsp3) is 0.500. The Morgan fingerprint density at radius 1 is 1.54 bits per heavy atom. The molecule has 0 heterocycles. The van der Waals surface area contributed by atoms with Crippen molar-refractivity contribution in [3.8, 4) is 0 Å². The minimum atomic E-state index is -3.63. The second-order valence-electron chi connectivity index (χ2n) is 2.37. The van der Waals surface area contributed by atoms with E-state index in [9.17, 15) is 13.2 Å². The van der Waals surface area contributed by atoms with Crippen LogP contribution in [0.2, 0.25) is 0.515 Å². The van der Waals surface area contributed by atoms with Gasteiger partial charge in [-0.2, -0.15) is 0 Å². The van der Waals surface area contributed by atoms with Gasteiger partial charge in [0, 0.05) is 5.57 Å². The van der Waals surface area contributed by atoms with E-state index in [-0.39, 0.29) is 11.3 Å². The number of hydrogen-bond acceptors (Lipinski definition) is 3. The Balaban J connectivity index is 0. The molecular formula is C6H11KO5S. The Morgan fingerprint density at radius 2 is 1.85 bits per heavy atom. The summed E-state index contributed by atoms with van der Waals surface area (Å²) in [5.41, 5.74) is 0.176. The molecule has 0 rings (SSSR count). The van der Waals surface area contributed by atoms with Crippen LogP contribution in [0.25, 0.3) is 0 Å². The van der Waals surface area contributed by atoms with Gasteiger partial charge in [-0.25, -0.2) is 4.79 Å². The molecule has 2 N–H and O–H groups in total. The van der Waals surface area contributed by atoms with Crippen molar-refractivity contribution >= 4 is 65.0 Å². The van der Waals surface area contributed by atoms with Gasteiger partial charge < -0.3 is 5.11 Å². The Kier molecular flexibility index (Phi) is 10.1. The first-order valence-electron chi connectivity index (χ1n) is 3.54. The summed E-state index contributed by atoms with van der Waals surface area (Å²) < 4.78 is 28.3. The van der Waals surface area contributed by atoms with Gasteiger partial charge in [-0.15, -0.1) is 0 Å². The van der Waals surface area contributed by atoms with E-state index in [1.165, 1.54) is 6.92 Å². The van der Waals surface area contributed by atoms with Gasteiger partial charge in [0.2, 0.25) is 0 Å². The molecule has 0 saturated carbocycles. The number of rotatable bonds is 3. The van der Waals surface area contributed by atoms with E-state index >= 15 is 0 Å². The van der Waals surface area contributed by atoms with Crippen LogP contribution in [-0.4, -0.2) is 78.8 Å². The van der Waals surface area contributed by atoms with Crippen LogP contribution in [0.3, 0.4) is 0 Å². The minimum absolute atomic E-state index is 0.0486. The van der Waals surface area contributed by atoms with E-state index in [0.717, 1.165) is 0 Å². The summed E-state index contributed by atoms with van der Waals surface area (Å²) in [5, 5.41) is 7.89. The Bertz CT molecular complexity index is 257. The average Bonchev–Trinajstić information content (AvgIpc) is 1.85. The second kappa shape index (κ2) is 8.10. The van der Waals surface area contributed by atoms with Gasteiger partial charge in [-0.05, 0) is 6.92 Å². The van der Waals surface area contributed by atoms with E-state index in [2.05, 4.69) is 6.58 Å². The number of carbonyl (C=O) groups is 1. The predicted molar refractivity (Wildman–Crippen MR) is 49.4 cm³/mol. The Morgan fingerprint density at radius 3 is 1.85 bits per heavy atom. The third-order valence-corrected chi connectivity index (χ3v) is 3.66. The van der Waals surface area contributed by atoms with Gasteiger partial charge >= 0.3 is 84.3 Å². The fourth-order valence-corrected chi connectivity index (χ4v) is 3.19. The molecule has 0 spiro atoms. The maximum atomic E-state index is 9.82. The summed E-state index contributed by atoms with van der Waals surface area (Å²) in [5.74, 6) is -0.984. The van der Waals surface area contributed by atoms with E-state index in [4.69, 9.17) is 9.66 Å². The van der Waals surface area contributed by atoms with Crippen molar-refractivity contribution in [1.29, 1.82) is 0 Å². The molecule has 0 saturated heterocycles. The van der Waals surface area contributed by atoms with Crippen molar-refractivity contribution in [3.63, 3.8) is 0 Å². The van der Waals surface area contributed by atoms with Gasteiger partial charge in [-0.3, -0.25) is 0 Å². The number of hydrogen-bond donors (Lipinski definition) is 2. The summed E-state index contributed by atoms with van der Waals surface area (Å²) in [7, 11) is -3.63. The maximum absolute atomic E-state index is 9.82. The molecule has 0 aliphatic carbocycles. The quantitative estimate of drug-likeness (QED) is 0.411. The topological polar surface area (TPSA) is 91.7 Å². The summed E-state index contributed by atoms with van der Waals surface area (Å²) in [6, 6.07) is 0. The molecule has 0 aliphatic heterocycles. The molecule has 5 nitrogen and oxygen atoms in total. The zero-order valence-electron chi connectivity index (χ0n) is 7.65.